The van der Waals surface area contributed by atoms with Crippen molar-refractivity contribution in [2.45, 2.75) is 24.7 Å². The van der Waals surface area contributed by atoms with Crippen LogP contribution >= 0.6 is 11.8 Å². The Morgan fingerprint density at radius 3 is 2.56 bits per heavy atom. The second-order valence-electron chi connectivity index (χ2n) is 6.99. The van der Waals surface area contributed by atoms with Gasteiger partial charge in [0.2, 0.25) is 5.91 Å². The summed E-state index contributed by atoms with van der Waals surface area (Å²) in [6.45, 7) is 2.14. The number of nitrogens with one attached hydrogen (secondary N) is 2. The molecule has 0 fully saturated rings. The minimum absolute atomic E-state index is 0.0374. The van der Waals surface area contributed by atoms with E-state index in [1.807, 2.05) is 24.3 Å². The zero-order chi connectivity index (χ0) is 23.1. The second kappa shape index (κ2) is 10.8. The molecule has 2 amide bonds. The van der Waals surface area contributed by atoms with Crippen molar-refractivity contribution in [2.24, 2.45) is 7.05 Å². The predicted molar refractivity (Wildman–Crippen MR) is 119 cm³/mol. The molecule has 0 saturated carbocycles. The van der Waals surface area contributed by atoms with Gasteiger partial charge in [-0.15, -0.1) is 10.2 Å². The van der Waals surface area contributed by atoms with Crippen molar-refractivity contribution in [3.8, 4) is 5.75 Å². The Morgan fingerprint density at radius 1 is 1.16 bits per heavy atom. The molecule has 3 aromatic rings. The molecule has 10 heteroatoms. The van der Waals surface area contributed by atoms with Gasteiger partial charge in [-0.2, -0.15) is 0 Å². The maximum atomic E-state index is 13.8. The Kier molecular flexibility index (Phi) is 7.82. The first-order chi connectivity index (χ1) is 15.4. The topological polar surface area (TPSA) is 98.1 Å². The molecule has 0 aliphatic carbocycles. The third-order valence-electron chi connectivity index (χ3n) is 4.70. The molecule has 32 heavy (non-hydrogen) atoms. The van der Waals surface area contributed by atoms with Crippen LogP contribution in [0.4, 0.5) is 4.39 Å². The maximum absolute atomic E-state index is 13.8. The summed E-state index contributed by atoms with van der Waals surface area (Å²) in [6, 6.07) is 12.7. The van der Waals surface area contributed by atoms with Gasteiger partial charge in [-0.05, 0) is 36.8 Å². The van der Waals surface area contributed by atoms with Gasteiger partial charge in [0.15, 0.2) is 11.0 Å². The van der Waals surface area contributed by atoms with Crippen LogP contribution in [0.5, 0.6) is 5.75 Å². The number of hydrogen-bond donors (Lipinski definition) is 2. The van der Waals surface area contributed by atoms with Crippen LogP contribution in [0.25, 0.3) is 0 Å². The van der Waals surface area contributed by atoms with Crippen LogP contribution in [0, 0.1) is 5.82 Å². The molecule has 8 nitrogen and oxygen atoms in total. The fourth-order valence-electron chi connectivity index (χ4n) is 2.94. The average molecular weight is 458 g/mol. The molecular weight excluding hydrogens is 433 g/mol. The Hall–Kier alpha value is -3.40. The molecule has 3 rings (SSSR count). The number of rotatable bonds is 9. The summed E-state index contributed by atoms with van der Waals surface area (Å²) in [5, 5.41) is 14.3. The SMILES string of the molecule is COc1ccc(CNC(=O)CSc2nnc([C@H](C)NC(=O)c3ccccc3F)n2C)cc1. The smallest absolute Gasteiger partial charge is 0.254 e. The zero-order valence-corrected chi connectivity index (χ0v) is 18.8. The number of benzene rings is 2. The van der Waals surface area contributed by atoms with Gasteiger partial charge in [0.25, 0.3) is 5.91 Å². The van der Waals surface area contributed by atoms with E-state index in [9.17, 15) is 14.0 Å². The zero-order valence-electron chi connectivity index (χ0n) is 18.0. The summed E-state index contributed by atoms with van der Waals surface area (Å²) >= 11 is 1.24. The Bertz CT molecular complexity index is 1090. The molecule has 0 aliphatic heterocycles. The van der Waals surface area contributed by atoms with Crippen molar-refractivity contribution < 1.29 is 18.7 Å². The number of nitrogens with zero attached hydrogens (tertiary/aromatic N) is 3. The number of methoxy groups -OCH3 is 1. The van der Waals surface area contributed by atoms with E-state index in [0.717, 1.165) is 11.3 Å². The first-order valence-corrected chi connectivity index (χ1v) is 10.8. The standard InChI is InChI=1S/C22H24FN5O3S/c1-14(25-21(30)17-6-4-5-7-18(17)23)20-26-27-22(28(20)2)32-13-19(29)24-12-15-8-10-16(31-3)11-9-15/h4-11,14H,12-13H2,1-3H3,(H,24,29)(H,25,30)/t14-/m0/s1. The van der Waals surface area contributed by atoms with E-state index in [-0.39, 0.29) is 17.2 Å². The van der Waals surface area contributed by atoms with Crippen LogP contribution in [0.1, 0.15) is 34.7 Å². The van der Waals surface area contributed by atoms with E-state index in [1.54, 1.807) is 31.7 Å². The second-order valence-corrected chi connectivity index (χ2v) is 7.93. The van der Waals surface area contributed by atoms with Crippen molar-refractivity contribution in [2.75, 3.05) is 12.9 Å². The highest BCUT2D eigenvalue weighted by atomic mass is 32.2. The van der Waals surface area contributed by atoms with Crippen LogP contribution in [0.3, 0.4) is 0 Å². The van der Waals surface area contributed by atoms with Crippen molar-refractivity contribution in [1.82, 2.24) is 25.4 Å². The molecule has 1 atom stereocenters. The van der Waals surface area contributed by atoms with Crippen LogP contribution in [0.2, 0.25) is 0 Å². The fraction of sp³-hybridized carbons (Fsp3) is 0.273. The number of halogens is 1. The highest BCUT2D eigenvalue weighted by Gasteiger charge is 2.20. The third-order valence-corrected chi connectivity index (χ3v) is 5.72. The van der Waals surface area contributed by atoms with E-state index in [0.29, 0.717) is 17.5 Å². The van der Waals surface area contributed by atoms with Crippen LogP contribution in [0.15, 0.2) is 53.7 Å². The average Bonchev–Trinajstić information content (AvgIpc) is 3.17. The number of thioether (sulfide) groups is 1. The first-order valence-electron chi connectivity index (χ1n) is 9.86. The summed E-state index contributed by atoms with van der Waals surface area (Å²) < 4.78 is 20.6. The van der Waals surface area contributed by atoms with Gasteiger partial charge >= 0.3 is 0 Å². The monoisotopic (exact) mass is 457 g/mol. The van der Waals surface area contributed by atoms with E-state index in [4.69, 9.17) is 4.74 Å². The minimum atomic E-state index is -0.591. The number of ether oxygens (including phenoxy) is 1. The Labute approximate surface area is 189 Å². The molecule has 0 bridgehead atoms. The number of amides is 2. The maximum Gasteiger partial charge on any atom is 0.254 e. The minimum Gasteiger partial charge on any atom is -0.497 e. The van der Waals surface area contributed by atoms with Gasteiger partial charge in [-0.1, -0.05) is 36.0 Å². The lowest BCUT2D eigenvalue weighted by atomic mass is 10.2. The van der Waals surface area contributed by atoms with Crippen LogP contribution in [-0.2, 0) is 18.4 Å². The van der Waals surface area contributed by atoms with E-state index in [1.165, 1.54) is 30.0 Å². The van der Waals surface area contributed by atoms with Gasteiger partial charge in [-0.3, -0.25) is 9.59 Å². The molecule has 2 N–H and O–H groups in total. The molecule has 1 aromatic heterocycles. The summed E-state index contributed by atoms with van der Waals surface area (Å²) in [4.78, 5) is 24.5. The summed E-state index contributed by atoms with van der Waals surface area (Å²) in [6.07, 6.45) is 0. The molecule has 168 valence electrons. The molecular formula is C22H24FN5O3S. The predicted octanol–water partition coefficient (Wildman–Crippen LogP) is 2.86. The summed E-state index contributed by atoms with van der Waals surface area (Å²) in [5.41, 5.74) is 0.925. The molecule has 0 saturated heterocycles. The molecule has 0 radical (unpaired) electrons. The van der Waals surface area contributed by atoms with Crippen LogP contribution < -0.4 is 15.4 Å². The Balaban J connectivity index is 1.51. The van der Waals surface area contributed by atoms with Crippen molar-refractivity contribution in [1.29, 1.82) is 0 Å². The summed E-state index contributed by atoms with van der Waals surface area (Å²) in [5.74, 6) is 0.149. The van der Waals surface area contributed by atoms with E-state index >= 15 is 0 Å². The number of aromatic nitrogens is 3. The van der Waals surface area contributed by atoms with E-state index in [2.05, 4.69) is 20.8 Å². The largest absolute Gasteiger partial charge is 0.497 e. The lowest BCUT2D eigenvalue weighted by Crippen LogP contribution is -2.29. The highest BCUT2D eigenvalue weighted by molar-refractivity contribution is 7.99. The lowest BCUT2D eigenvalue weighted by molar-refractivity contribution is -0.118. The fourth-order valence-corrected chi connectivity index (χ4v) is 3.69. The van der Waals surface area contributed by atoms with Gasteiger partial charge in [-0.25, -0.2) is 4.39 Å². The molecule has 0 unspecified atom stereocenters. The number of carbonyl (C=O) groups excluding carboxylic acids is 2. The highest BCUT2D eigenvalue weighted by Crippen LogP contribution is 2.19. The molecule has 2 aromatic carbocycles. The summed E-state index contributed by atoms with van der Waals surface area (Å²) in [7, 11) is 3.35. The number of carbonyl (C=O) groups is 2. The van der Waals surface area contributed by atoms with Crippen molar-refractivity contribution >= 4 is 23.6 Å². The first kappa shape index (κ1) is 23.3. The van der Waals surface area contributed by atoms with Crippen LogP contribution in [-0.4, -0.2) is 39.4 Å². The van der Waals surface area contributed by atoms with Crippen molar-refractivity contribution in [3.05, 3.63) is 71.3 Å². The molecule has 1 heterocycles. The third kappa shape index (κ3) is 5.85. The van der Waals surface area contributed by atoms with E-state index < -0.39 is 17.8 Å². The molecule has 0 aliphatic rings. The van der Waals surface area contributed by atoms with Gasteiger partial charge < -0.3 is 19.9 Å². The van der Waals surface area contributed by atoms with Gasteiger partial charge in [0.1, 0.15) is 11.6 Å². The van der Waals surface area contributed by atoms with Gasteiger partial charge in [0, 0.05) is 13.6 Å². The van der Waals surface area contributed by atoms with Gasteiger partial charge in [0.05, 0.1) is 24.5 Å². The molecule has 0 spiro atoms. The normalized spacial score (nSPS) is 11.6. The Morgan fingerprint density at radius 2 is 1.88 bits per heavy atom. The number of hydrogen-bond acceptors (Lipinski definition) is 6. The lowest BCUT2D eigenvalue weighted by Gasteiger charge is -2.14. The quantitative estimate of drug-likeness (QED) is 0.480. The van der Waals surface area contributed by atoms with Crippen molar-refractivity contribution in [3.63, 3.8) is 0 Å².